The Morgan fingerprint density at radius 1 is 0.933 bits per heavy atom. The van der Waals surface area contributed by atoms with Gasteiger partial charge in [-0.1, -0.05) is 54.6 Å². The summed E-state index contributed by atoms with van der Waals surface area (Å²) < 4.78 is 13.1. The van der Waals surface area contributed by atoms with E-state index in [0.29, 0.717) is 26.3 Å². The van der Waals surface area contributed by atoms with Crippen LogP contribution >= 0.6 is 0 Å². The van der Waals surface area contributed by atoms with Crippen LogP contribution < -0.4 is 9.64 Å². The fraction of sp³-hybridized carbons (Fsp3) is 0.240. The monoisotopic (exact) mass is 401 g/mol. The lowest BCUT2D eigenvalue weighted by Crippen LogP contribution is -2.43. The van der Waals surface area contributed by atoms with Crippen molar-refractivity contribution in [2.45, 2.75) is 5.72 Å². The lowest BCUT2D eigenvalue weighted by molar-refractivity contribution is -0.663. The Balaban J connectivity index is 1.50. The number of hydrogen-bond acceptors (Lipinski definition) is 4. The second kappa shape index (κ2) is 7.59. The van der Waals surface area contributed by atoms with E-state index in [2.05, 4.69) is 33.7 Å². The van der Waals surface area contributed by atoms with Gasteiger partial charge in [-0.15, -0.1) is 0 Å². The molecule has 2 aliphatic rings. The van der Waals surface area contributed by atoms with Crippen LogP contribution in [0, 0.1) is 0 Å². The molecule has 0 aromatic heterocycles. The number of hydrogen-bond donors (Lipinski definition) is 1. The molecule has 5 rings (SSSR count). The molecule has 3 aromatic carbocycles. The Morgan fingerprint density at radius 2 is 1.63 bits per heavy atom. The summed E-state index contributed by atoms with van der Waals surface area (Å²) in [7, 11) is 1.66. The summed E-state index contributed by atoms with van der Waals surface area (Å²) in [6, 6.07) is 26.4. The third-order valence-corrected chi connectivity index (χ3v) is 5.98. The number of ether oxygens (including phenoxy) is 2. The number of anilines is 1. The summed E-state index contributed by atoms with van der Waals surface area (Å²) in [6.07, 6.45) is 0. The van der Waals surface area contributed by atoms with E-state index in [4.69, 9.17) is 9.47 Å². The van der Waals surface area contributed by atoms with Crippen LogP contribution in [0.3, 0.4) is 0 Å². The van der Waals surface area contributed by atoms with Crippen LogP contribution in [0.25, 0.3) is 11.1 Å². The van der Waals surface area contributed by atoms with Crippen molar-refractivity contribution in [1.29, 1.82) is 0 Å². The third-order valence-electron chi connectivity index (χ3n) is 5.98. The van der Waals surface area contributed by atoms with Gasteiger partial charge in [0.1, 0.15) is 24.6 Å². The summed E-state index contributed by atoms with van der Waals surface area (Å²) >= 11 is 0. The molecule has 152 valence electrons. The van der Waals surface area contributed by atoms with Crippen LogP contribution in [-0.2, 0) is 10.5 Å². The maximum absolute atomic E-state index is 11.8. The van der Waals surface area contributed by atoms with Gasteiger partial charge in [0.2, 0.25) is 0 Å². The van der Waals surface area contributed by atoms with Gasteiger partial charge < -0.3 is 14.6 Å². The highest BCUT2D eigenvalue weighted by Crippen LogP contribution is 2.35. The molecule has 2 heterocycles. The standard InChI is InChI=1S/C25H25N2O3/c1-29-23-13-11-22(12-14-23)26-18-25(28,27-15-16-30-17-24(26)27)21-9-7-20(8-10-21)19-5-3-2-4-6-19/h2-14,28H,15-18H2,1H3/q+1/t25-/m0/s1. The van der Waals surface area contributed by atoms with Gasteiger partial charge in [0, 0.05) is 5.56 Å². The van der Waals surface area contributed by atoms with Crippen LogP contribution in [0.15, 0.2) is 78.9 Å². The SMILES string of the molecule is COc1ccc(N2C[C@](O)(c3ccc(-c4ccccc4)cc3)[N+]3=C2COCC3)cc1. The minimum Gasteiger partial charge on any atom is -0.497 e. The van der Waals surface area contributed by atoms with Crippen LogP contribution in [0.4, 0.5) is 5.69 Å². The molecule has 1 atom stereocenters. The van der Waals surface area contributed by atoms with E-state index in [0.717, 1.165) is 28.4 Å². The molecule has 0 fully saturated rings. The molecule has 1 N–H and O–H groups in total. The second-order valence-corrected chi connectivity index (χ2v) is 7.66. The van der Waals surface area contributed by atoms with Crippen molar-refractivity contribution >= 4 is 11.5 Å². The predicted molar refractivity (Wildman–Crippen MR) is 117 cm³/mol. The number of amidine groups is 1. The molecule has 0 spiro atoms. The average Bonchev–Trinajstić information content (AvgIpc) is 3.14. The summed E-state index contributed by atoms with van der Waals surface area (Å²) in [6.45, 7) is 2.18. The number of nitrogens with zero attached hydrogens (tertiary/aromatic N) is 2. The Morgan fingerprint density at radius 3 is 2.33 bits per heavy atom. The molecule has 2 aliphatic heterocycles. The molecule has 0 amide bonds. The molecular weight excluding hydrogens is 376 g/mol. The van der Waals surface area contributed by atoms with Crippen molar-refractivity contribution in [2.75, 3.05) is 38.3 Å². The van der Waals surface area contributed by atoms with Crippen LogP contribution in [0.5, 0.6) is 5.75 Å². The zero-order chi connectivity index (χ0) is 20.6. The van der Waals surface area contributed by atoms with Gasteiger partial charge in [0.05, 0.1) is 13.7 Å². The smallest absolute Gasteiger partial charge is 0.281 e. The van der Waals surface area contributed by atoms with E-state index >= 15 is 0 Å². The van der Waals surface area contributed by atoms with E-state index in [1.165, 1.54) is 5.56 Å². The summed E-state index contributed by atoms with van der Waals surface area (Å²) in [5.41, 5.74) is 3.10. The van der Waals surface area contributed by atoms with E-state index in [1.54, 1.807) is 7.11 Å². The van der Waals surface area contributed by atoms with Gasteiger partial charge in [-0.3, -0.25) is 0 Å². The number of rotatable bonds is 4. The van der Waals surface area contributed by atoms with Crippen LogP contribution in [0.1, 0.15) is 5.56 Å². The second-order valence-electron chi connectivity index (χ2n) is 7.66. The molecule has 5 nitrogen and oxygen atoms in total. The lowest BCUT2D eigenvalue weighted by atomic mass is 9.98. The van der Waals surface area contributed by atoms with Gasteiger partial charge in [0.25, 0.3) is 11.6 Å². The number of methoxy groups -OCH3 is 1. The number of aliphatic hydroxyl groups is 1. The molecule has 0 saturated heterocycles. The first-order chi connectivity index (χ1) is 14.7. The summed E-state index contributed by atoms with van der Waals surface area (Å²) in [5.74, 6) is 1.80. The van der Waals surface area contributed by atoms with Crippen molar-refractivity contribution in [3.8, 4) is 16.9 Å². The van der Waals surface area contributed by atoms with E-state index < -0.39 is 5.72 Å². The molecule has 5 heteroatoms. The zero-order valence-electron chi connectivity index (χ0n) is 17.0. The molecule has 0 aliphatic carbocycles. The predicted octanol–water partition coefficient (Wildman–Crippen LogP) is 3.47. The van der Waals surface area contributed by atoms with E-state index in [9.17, 15) is 5.11 Å². The zero-order valence-corrected chi connectivity index (χ0v) is 17.0. The molecule has 3 aromatic rings. The Hall–Kier alpha value is -3.15. The van der Waals surface area contributed by atoms with Gasteiger partial charge in [-0.05, 0) is 35.4 Å². The quantitative estimate of drug-likeness (QED) is 0.680. The fourth-order valence-electron chi connectivity index (χ4n) is 4.36. The van der Waals surface area contributed by atoms with Crippen molar-refractivity contribution in [1.82, 2.24) is 0 Å². The van der Waals surface area contributed by atoms with Gasteiger partial charge in [-0.25, -0.2) is 9.48 Å². The van der Waals surface area contributed by atoms with Gasteiger partial charge in [-0.2, -0.15) is 0 Å². The highest BCUT2D eigenvalue weighted by Gasteiger charge is 2.52. The van der Waals surface area contributed by atoms with Crippen molar-refractivity contribution in [3.05, 3.63) is 84.4 Å². The topological polar surface area (TPSA) is 44.9 Å². The number of benzene rings is 3. The first kappa shape index (κ1) is 18.9. The normalized spacial score (nSPS) is 20.9. The van der Waals surface area contributed by atoms with E-state index in [-0.39, 0.29) is 0 Å². The van der Waals surface area contributed by atoms with Crippen LogP contribution in [0.2, 0.25) is 0 Å². The molecule has 0 saturated carbocycles. The molecule has 0 radical (unpaired) electrons. The third kappa shape index (κ3) is 3.16. The van der Waals surface area contributed by atoms with Crippen molar-refractivity contribution < 1.29 is 19.2 Å². The average molecular weight is 401 g/mol. The first-order valence-corrected chi connectivity index (χ1v) is 10.2. The summed E-state index contributed by atoms with van der Waals surface area (Å²) in [5, 5.41) is 11.8. The largest absolute Gasteiger partial charge is 0.497 e. The Bertz CT molecular complexity index is 1060. The first-order valence-electron chi connectivity index (χ1n) is 10.2. The lowest BCUT2D eigenvalue weighted by Gasteiger charge is -2.24. The molecular formula is C25H25N2O3+. The van der Waals surface area contributed by atoms with Gasteiger partial charge >= 0.3 is 0 Å². The highest BCUT2D eigenvalue weighted by molar-refractivity contribution is 5.97. The van der Waals surface area contributed by atoms with Crippen molar-refractivity contribution in [2.24, 2.45) is 0 Å². The molecule has 0 unspecified atom stereocenters. The van der Waals surface area contributed by atoms with E-state index in [1.807, 2.05) is 54.6 Å². The maximum Gasteiger partial charge on any atom is 0.281 e. The Kier molecular flexibility index (Phi) is 4.77. The minimum absolute atomic E-state index is 0.447. The molecule has 30 heavy (non-hydrogen) atoms. The summed E-state index contributed by atoms with van der Waals surface area (Å²) in [4.78, 5) is 2.14. The molecule has 0 bridgehead atoms. The number of β-amino-alcohol motifs (C(OH)–C–C–N with tert-alkyl or cyclic N) is 1. The maximum atomic E-state index is 11.8. The fourth-order valence-corrected chi connectivity index (χ4v) is 4.36. The highest BCUT2D eigenvalue weighted by atomic mass is 16.5. The van der Waals surface area contributed by atoms with Gasteiger partial charge in [0.15, 0.2) is 6.54 Å². The minimum atomic E-state index is -1.10. The Labute approximate surface area is 176 Å². The van der Waals surface area contributed by atoms with Crippen LogP contribution in [-0.4, -0.2) is 48.9 Å². The van der Waals surface area contributed by atoms with Crippen molar-refractivity contribution in [3.63, 3.8) is 0 Å².